The Hall–Kier alpha value is -2.08. The zero-order valence-corrected chi connectivity index (χ0v) is 14.7. The van der Waals surface area contributed by atoms with Crippen LogP contribution in [0.15, 0.2) is 40.9 Å². The molecule has 2 aromatic rings. The van der Waals surface area contributed by atoms with E-state index in [4.69, 9.17) is 9.84 Å². The van der Waals surface area contributed by atoms with Gasteiger partial charge in [-0.2, -0.15) is 0 Å². The van der Waals surface area contributed by atoms with Crippen LogP contribution in [0.25, 0.3) is 10.8 Å². The van der Waals surface area contributed by atoms with E-state index in [2.05, 4.69) is 15.9 Å². The van der Waals surface area contributed by atoms with Crippen molar-refractivity contribution < 1.29 is 19.4 Å². The van der Waals surface area contributed by atoms with Gasteiger partial charge in [0.25, 0.3) is 5.91 Å². The number of amides is 1. The predicted octanol–water partition coefficient (Wildman–Crippen LogP) is 3.30. The maximum Gasteiger partial charge on any atom is 0.308 e. The van der Waals surface area contributed by atoms with Crippen molar-refractivity contribution in [3.63, 3.8) is 0 Å². The number of likely N-dealkylation sites (tertiary alicyclic amines) is 1. The highest BCUT2D eigenvalue weighted by molar-refractivity contribution is 9.10. The number of halogens is 1. The minimum atomic E-state index is -0.839. The molecule has 5 nitrogen and oxygen atoms in total. The van der Waals surface area contributed by atoms with Crippen LogP contribution in [-0.4, -0.2) is 41.6 Å². The molecule has 1 saturated heterocycles. The molecule has 0 bridgehead atoms. The van der Waals surface area contributed by atoms with Crippen molar-refractivity contribution in [1.82, 2.24) is 4.90 Å². The fraction of sp³-hybridized carbons (Fsp3) is 0.333. The Balaban J connectivity index is 1.61. The van der Waals surface area contributed by atoms with E-state index in [9.17, 15) is 9.59 Å². The second-order valence-corrected chi connectivity index (χ2v) is 6.87. The molecule has 1 heterocycles. The van der Waals surface area contributed by atoms with Gasteiger partial charge in [0.2, 0.25) is 0 Å². The number of benzene rings is 2. The van der Waals surface area contributed by atoms with E-state index in [-0.39, 0.29) is 19.1 Å². The van der Waals surface area contributed by atoms with Gasteiger partial charge in [0.15, 0.2) is 6.61 Å². The van der Waals surface area contributed by atoms with Gasteiger partial charge in [-0.25, -0.2) is 0 Å². The zero-order chi connectivity index (χ0) is 17.1. The molecule has 1 unspecified atom stereocenters. The van der Waals surface area contributed by atoms with E-state index in [1.807, 2.05) is 36.4 Å². The van der Waals surface area contributed by atoms with Crippen molar-refractivity contribution in [3.05, 3.63) is 40.9 Å². The summed E-state index contributed by atoms with van der Waals surface area (Å²) in [7, 11) is 0. The van der Waals surface area contributed by atoms with Gasteiger partial charge in [-0.15, -0.1) is 0 Å². The van der Waals surface area contributed by atoms with Crippen LogP contribution in [0.5, 0.6) is 5.75 Å². The highest BCUT2D eigenvalue weighted by atomic mass is 79.9. The van der Waals surface area contributed by atoms with Gasteiger partial charge in [0, 0.05) is 17.6 Å². The first-order valence-electron chi connectivity index (χ1n) is 7.85. The fourth-order valence-corrected chi connectivity index (χ4v) is 3.30. The summed E-state index contributed by atoms with van der Waals surface area (Å²) in [5, 5.41) is 11.2. The molecule has 0 aliphatic carbocycles. The average Bonchev–Trinajstić information content (AvgIpc) is 2.59. The number of aliphatic carboxylic acids is 1. The van der Waals surface area contributed by atoms with Crippen LogP contribution in [0.4, 0.5) is 0 Å². The van der Waals surface area contributed by atoms with Crippen molar-refractivity contribution in [2.24, 2.45) is 5.92 Å². The Kier molecular flexibility index (Phi) is 5.04. The Labute approximate surface area is 148 Å². The second-order valence-electron chi connectivity index (χ2n) is 5.96. The first kappa shape index (κ1) is 16.8. The molecule has 0 radical (unpaired) electrons. The highest BCUT2D eigenvalue weighted by Gasteiger charge is 2.28. The number of carboxylic acids is 1. The smallest absolute Gasteiger partial charge is 0.308 e. The lowest BCUT2D eigenvalue weighted by molar-refractivity contribution is -0.146. The van der Waals surface area contributed by atoms with E-state index in [0.29, 0.717) is 25.1 Å². The number of piperidine rings is 1. The SMILES string of the molecule is O=C(O)C1CCCN(C(=O)COc2ccc3cc(Br)ccc3c2)C1. The van der Waals surface area contributed by atoms with Gasteiger partial charge >= 0.3 is 5.97 Å². The first-order valence-corrected chi connectivity index (χ1v) is 8.65. The van der Waals surface area contributed by atoms with E-state index >= 15 is 0 Å². The molecule has 1 atom stereocenters. The summed E-state index contributed by atoms with van der Waals surface area (Å²) in [6.07, 6.45) is 1.34. The number of fused-ring (bicyclic) bond motifs is 1. The summed E-state index contributed by atoms with van der Waals surface area (Å²) in [6, 6.07) is 11.6. The van der Waals surface area contributed by atoms with Gasteiger partial charge in [-0.1, -0.05) is 28.1 Å². The van der Waals surface area contributed by atoms with Gasteiger partial charge < -0.3 is 14.7 Å². The lowest BCUT2D eigenvalue weighted by Gasteiger charge is -2.30. The van der Waals surface area contributed by atoms with Gasteiger partial charge in [-0.3, -0.25) is 9.59 Å². The molecule has 24 heavy (non-hydrogen) atoms. The third kappa shape index (κ3) is 3.87. The van der Waals surface area contributed by atoms with E-state index in [0.717, 1.165) is 15.2 Å². The number of carboxylic acid groups (broad SMARTS) is 1. The fourth-order valence-electron chi connectivity index (χ4n) is 2.93. The van der Waals surface area contributed by atoms with Crippen LogP contribution >= 0.6 is 15.9 Å². The van der Waals surface area contributed by atoms with Crippen molar-refractivity contribution >= 4 is 38.6 Å². The van der Waals surface area contributed by atoms with Crippen molar-refractivity contribution in [2.45, 2.75) is 12.8 Å². The standard InChI is InChI=1S/C18H18BrNO4/c19-15-5-3-13-9-16(6-4-12(13)8-15)24-11-17(21)20-7-1-2-14(10-20)18(22)23/h3-6,8-9,14H,1-2,7,10-11H2,(H,22,23). The van der Waals surface area contributed by atoms with E-state index in [1.165, 1.54) is 0 Å². The van der Waals surface area contributed by atoms with Gasteiger partial charge in [0.05, 0.1) is 5.92 Å². The van der Waals surface area contributed by atoms with Crippen molar-refractivity contribution in [3.8, 4) is 5.75 Å². The predicted molar refractivity (Wildman–Crippen MR) is 94.1 cm³/mol. The van der Waals surface area contributed by atoms with Crippen molar-refractivity contribution in [2.75, 3.05) is 19.7 Å². The summed E-state index contributed by atoms with van der Waals surface area (Å²) >= 11 is 3.44. The second kappa shape index (κ2) is 7.21. The molecule has 0 spiro atoms. The topological polar surface area (TPSA) is 66.8 Å². The number of carbonyl (C=O) groups excluding carboxylic acids is 1. The van der Waals surface area contributed by atoms with Crippen LogP contribution in [-0.2, 0) is 9.59 Å². The Morgan fingerprint density at radius 1 is 1.21 bits per heavy atom. The number of carbonyl (C=O) groups is 2. The molecule has 1 aliphatic rings. The number of nitrogens with zero attached hydrogens (tertiary/aromatic N) is 1. The first-order chi connectivity index (χ1) is 11.5. The van der Waals surface area contributed by atoms with Crippen LogP contribution in [0, 0.1) is 5.92 Å². The number of rotatable bonds is 4. The Morgan fingerprint density at radius 2 is 1.96 bits per heavy atom. The van der Waals surface area contributed by atoms with Crippen LogP contribution < -0.4 is 4.74 Å². The molecule has 6 heteroatoms. The summed E-state index contributed by atoms with van der Waals surface area (Å²) < 4.78 is 6.62. The molecule has 3 rings (SSSR count). The monoisotopic (exact) mass is 391 g/mol. The molecule has 0 aromatic heterocycles. The summed E-state index contributed by atoms with van der Waals surface area (Å²) in [6.45, 7) is 0.787. The normalized spacial score (nSPS) is 17.7. The Bertz CT molecular complexity index is 777. The van der Waals surface area contributed by atoms with Crippen molar-refractivity contribution in [1.29, 1.82) is 0 Å². The molecule has 0 saturated carbocycles. The molecule has 1 aliphatic heterocycles. The summed E-state index contributed by atoms with van der Waals surface area (Å²) in [4.78, 5) is 24.9. The third-order valence-corrected chi connectivity index (χ3v) is 4.75. The molecule has 2 aromatic carbocycles. The van der Waals surface area contributed by atoms with Crippen LogP contribution in [0.1, 0.15) is 12.8 Å². The zero-order valence-electron chi connectivity index (χ0n) is 13.1. The van der Waals surface area contributed by atoms with E-state index < -0.39 is 11.9 Å². The third-order valence-electron chi connectivity index (χ3n) is 4.26. The molecule has 126 valence electrons. The molecular weight excluding hydrogens is 374 g/mol. The molecule has 1 fully saturated rings. The minimum absolute atomic E-state index is 0.0750. The quantitative estimate of drug-likeness (QED) is 0.867. The maximum atomic E-state index is 12.2. The highest BCUT2D eigenvalue weighted by Crippen LogP contribution is 2.24. The summed E-state index contributed by atoms with van der Waals surface area (Å²) in [5.74, 6) is -0.849. The van der Waals surface area contributed by atoms with E-state index in [1.54, 1.807) is 4.90 Å². The van der Waals surface area contributed by atoms with Gasteiger partial charge in [0.1, 0.15) is 5.75 Å². The lowest BCUT2D eigenvalue weighted by atomic mass is 9.98. The number of ether oxygens (including phenoxy) is 1. The van der Waals surface area contributed by atoms with Gasteiger partial charge in [-0.05, 0) is 47.9 Å². The average molecular weight is 392 g/mol. The van der Waals surface area contributed by atoms with Crippen LogP contribution in [0.2, 0.25) is 0 Å². The largest absolute Gasteiger partial charge is 0.484 e. The summed E-state index contributed by atoms with van der Waals surface area (Å²) in [5.41, 5.74) is 0. The molecule has 1 N–H and O–H groups in total. The molecule has 1 amide bonds. The minimum Gasteiger partial charge on any atom is -0.484 e. The lowest BCUT2D eigenvalue weighted by Crippen LogP contribution is -2.44. The Morgan fingerprint density at radius 3 is 2.75 bits per heavy atom. The molecular formula is C18H18BrNO4. The maximum absolute atomic E-state index is 12.2. The number of hydrogen-bond donors (Lipinski definition) is 1. The number of hydrogen-bond acceptors (Lipinski definition) is 3. The van der Waals surface area contributed by atoms with Crippen LogP contribution in [0.3, 0.4) is 0 Å².